The van der Waals surface area contributed by atoms with E-state index in [4.69, 9.17) is 0 Å². The molecule has 0 radical (unpaired) electrons. The van der Waals surface area contributed by atoms with Gasteiger partial charge in [-0.3, -0.25) is 9.69 Å². The summed E-state index contributed by atoms with van der Waals surface area (Å²) in [6.45, 7) is 8.05. The van der Waals surface area contributed by atoms with Gasteiger partial charge in [0.1, 0.15) is 0 Å². The molecule has 0 aromatic heterocycles. The van der Waals surface area contributed by atoms with Gasteiger partial charge in [0.2, 0.25) is 5.91 Å². The van der Waals surface area contributed by atoms with E-state index in [9.17, 15) is 4.79 Å². The fourth-order valence-electron chi connectivity index (χ4n) is 4.73. The highest BCUT2D eigenvalue weighted by molar-refractivity contribution is 5.81. The van der Waals surface area contributed by atoms with Crippen LogP contribution >= 0.6 is 0 Å². The summed E-state index contributed by atoms with van der Waals surface area (Å²) in [6.07, 6.45) is 6.03. The van der Waals surface area contributed by atoms with Crippen LogP contribution in [0.5, 0.6) is 0 Å². The Kier molecular flexibility index (Phi) is 8.41. The van der Waals surface area contributed by atoms with Gasteiger partial charge in [0, 0.05) is 45.0 Å². The number of hydrogen-bond acceptors (Lipinski definition) is 4. The van der Waals surface area contributed by atoms with Gasteiger partial charge in [-0.2, -0.15) is 0 Å². The molecule has 182 valence electrons. The number of anilines is 1. The summed E-state index contributed by atoms with van der Waals surface area (Å²) < 4.78 is 0. The number of fused-ring (bicyclic) bond motifs is 1. The molecule has 5 heteroatoms. The van der Waals surface area contributed by atoms with Gasteiger partial charge in [-0.15, -0.1) is 0 Å². The molecule has 1 heterocycles. The Morgan fingerprint density at radius 2 is 1.88 bits per heavy atom. The number of likely N-dealkylation sites (N-methyl/N-ethyl adjacent to an activating group) is 1. The normalized spacial score (nSPS) is 16.4. The maximum atomic E-state index is 13.3. The van der Waals surface area contributed by atoms with Crippen LogP contribution in [0.15, 0.2) is 54.1 Å². The zero-order valence-corrected chi connectivity index (χ0v) is 21.1. The summed E-state index contributed by atoms with van der Waals surface area (Å²) in [4.78, 5) is 20.0. The topological polar surface area (TPSA) is 38.8 Å². The zero-order chi connectivity index (χ0) is 23.9. The van der Waals surface area contributed by atoms with Crippen molar-refractivity contribution in [3.05, 3.63) is 70.8 Å². The third-order valence-electron chi connectivity index (χ3n) is 6.81. The molecule has 0 bridgehead atoms. The number of nitrogens with zero attached hydrogens (tertiary/aromatic N) is 3. The van der Waals surface area contributed by atoms with E-state index in [2.05, 4.69) is 72.5 Å². The van der Waals surface area contributed by atoms with Crippen molar-refractivity contribution in [3.8, 4) is 0 Å². The second-order valence-corrected chi connectivity index (χ2v) is 10.2. The highest BCUT2D eigenvalue weighted by atomic mass is 16.2. The predicted molar refractivity (Wildman–Crippen MR) is 142 cm³/mol. The molecule has 2 aromatic carbocycles. The number of carbonyl (C=O) groups excluding carboxylic acids is 1. The first-order chi connectivity index (χ1) is 16.5. The Balaban J connectivity index is 1.38. The first-order valence-electron chi connectivity index (χ1n) is 12.7. The second kappa shape index (κ2) is 11.7. The molecule has 34 heavy (non-hydrogen) atoms. The molecule has 0 saturated heterocycles. The van der Waals surface area contributed by atoms with Crippen molar-refractivity contribution in [1.29, 1.82) is 0 Å². The van der Waals surface area contributed by atoms with E-state index in [0.29, 0.717) is 13.1 Å². The molecule has 4 rings (SSSR count). The van der Waals surface area contributed by atoms with Gasteiger partial charge in [0.25, 0.3) is 0 Å². The van der Waals surface area contributed by atoms with Gasteiger partial charge in [-0.25, -0.2) is 0 Å². The van der Waals surface area contributed by atoms with Gasteiger partial charge >= 0.3 is 0 Å². The molecular weight excluding hydrogens is 420 g/mol. The number of amides is 1. The molecule has 0 atom stereocenters. The summed E-state index contributed by atoms with van der Waals surface area (Å²) in [5.74, 6) is 1.07. The Hall–Kier alpha value is -2.63. The quantitative estimate of drug-likeness (QED) is 0.541. The van der Waals surface area contributed by atoms with Crippen LogP contribution in [0.4, 0.5) is 5.69 Å². The summed E-state index contributed by atoms with van der Waals surface area (Å²) in [7, 11) is 4.10. The lowest BCUT2D eigenvalue weighted by molar-refractivity contribution is -0.129. The Morgan fingerprint density at radius 1 is 1.09 bits per heavy atom. The maximum absolute atomic E-state index is 13.3. The van der Waals surface area contributed by atoms with E-state index < -0.39 is 0 Å². The molecule has 5 nitrogen and oxygen atoms in total. The average molecular weight is 461 g/mol. The van der Waals surface area contributed by atoms with Gasteiger partial charge in [0.15, 0.2) is 0 Å². The van der Waals surface area contributed by atoms with E-state index in [0.717, 1.165) is 44.2 Å². The van der Waals surface area contributed by atoms with Gasteiger partial charge in [0.05, 0.1) is 6.54 Å². The minimum absolute atomic E-state index is 0.145. The third kappa shape index (κ3) is 7.18. The summed E-state index contributed by atoms with van der Waals surface area (Å²) in [5, 5.41) is 3.49. The van der Waals surface area contributed by atoms with E-state index in [1.165, 1.54) is 41.6 Å². The molecule has 1 N–H and O–H groups in total. The number of hydrogen-bond donors (Lipinski definition) is 1. The molecule has 2 aromatic rings. The predicted octanol–water partition coefficient (Wildman–Crippen LogP) is 4.36. The first kappa shape index (κ1) is 24.5. The van der Waals surface area contributed by atoms with Crippen LogP contribution in [0.1, 0.15) is 36.5 Å². The lowest BCUT2D eigenvalue weighted by Crippen LogP contribution is -2.41. The van der Waals surface area contributed by atoms with Gasteiger partial charge < -0.3 is 15.1 Å². The number of rotatable bonds is 11. The smallest absolute Gasteiger partial charge is 0.242 e. The molecule has 1 fully saturated rings. The fourth-order valence-corrected chi connectivity index (χ4v) is 4.73. The van der Waals surface area contributed by atoms with Crippen LogP contribution in [0.2, 0.25) is 0 Å². The van der Waals surface area contributed by atoms with E-state index in [1.54, 1.807) is 0 Å². The number of benzene rings is 2. The lowest BCUT2D eigenvalue weighted by Gasteiger charge is -2.30. The molecule has 1 aliphatic heterocycles. The molecule has 0 spiro atoms. The molecule has 0 unspecified atom stereocenters. The lowest BCUT2D eigenvalue weighted by atomic mass is 9.97. The van der Waals surface area contributed by atoms with Crippen molar-refractivity contribution in [3.63, 3.8) is 0 Å². The van der Waals surface area contributed by atoms with Crippen LogP contribution < -0.4 is 5.32 Å². The molecule has 1 saturated carbocycles. The Bertz CT molecular complexity index is 981. The van der Waals surface area contributed by atoms with Crippen molar-refractivity contribution < 1.29 is 4.79 Å². The SMILES string of the molecule is CC(=Cc1ccccc1)CN(CCN(C)C)C(=O)CNc1cccc2c1CCN(CC1CC1)C2. The fraction of sp³-hybridized carbons (Fsp3) is 0.483. The summed E-state index contributed by atoms with van der Waals surface area (Å²) >= 11 is 0. The van der Waals surface area contributed by atoms with E-state index in [-0.39, 0.29) is 5.91 Å². The average Bonchev–Trinajstić information content (AvgIpc) is 3.64. The van der Waals surface area contributed by atoms with Crippen molar-refractivity contribution in [1.82, 2.24) is 14.7 Å². The standard InChI is InChI=1S/C29H40N4O/c1-23(18-24-8-5-4-6-9-24)20-33(17-16-31(2)3)29(34)19-30-28-11-7-10-26-22-32(15-14-27(26)28)21-25-12-13-25/h4-11,18,25,30H,12-17,19-22H2,1-3H3. The maximum Gasteiger partial charge on any atom is 0.242 e. The van der Waals surface area contributed by atoms with Gasteiger partial charge in [-0.05, 0) is 69.0 Å². The Labute approximate surface area is 205 Å². The minimum Gasteiger partial charge on any atom is -0.376 e. The third-order valence-corrected chi connectivity index (χ3v) is 6.81. The minimum atomic E-state index is 0.145. The van der Waals surface area contributed by atoms with Crippen LogP contribution in [0.3, 0.4) is 0 Å². The van der Waals surface area contributed by atoms with Crippen molar-refractivity contribution in [2.45, 2.75) is 32.7 Å². The van der Waals surface area contributed by atoms with Crippen LogP contribution in [0, 0.1) is 5.92 Å². The highest BCUT2D eigenvalue weighted by Gasteiger charge is 2.27. The molecule has 1 amide bonds. The first-order valence-corrected chi connectivity index (χ1v) is 12.7. The van der Waals surface area contributed by atoms with Gasteiger partial charge in [-0.1, -0.05) is 54.1 Å². The summed E-state index contributed by atoms with van der Waals surface area (Å²) in [6, 6.07) is 16.8. The van der Waals surface area contributed by atoms with Crippen molar-refractivity contribution in [2.24, 2.45) is 5.92 Å². The Morgan fingerprint density at radius 3 is 2.62 bits per heavy atom. The second-order valence-electron chi connectivity index (χ2n) is 10.2. The molecular formula is C29H40N4O. The largest absolute Gasteiger partial charge is 0.376 e. The van der Waals surface area contributed by atoms with Crippen molar-refractivity contribution >= 4 is 17.7 Å². The van der Waals surface area contributed by atoms with E-state index >= 15 is 0 Å². The van der Waals surface area contributed by atoms with Crippen LogP contribution in [0.25, 0.3) is 6.08 Å². The van der Waals surface area contributed by atoms with E-state index in [1.807, 2.05) is 23.1 Å². The highest BCUT2D eigenvalue weighted by Crippen LogP contribution is 2.32. The molecule has 1 aliphatic carbocycles. The molecule has 2 aliphatic rings. The zero-order valence-electron chi connectivity index (χ0n) is 21.1. The summed E-state index contributed by atoms with van der Waals surface area (Å²) in [5.41, 5.74) is 6.29. The number of nitrogens with one attached hydrogen (secondary N) is 1. The van der Waals surface area contributed by atoms with Crippen LogP contribution in [-0.2, 0) is 17.8 Å². The number of carbonyl (C=O) groups is 1. The van der Waals surface area contributed by atoms with Crippen LogP contribution in [-0.4, -0.2) is 74.0 Å². The van der Waals surface area contributed by atoms with Crippen molar-refractivity contribution in [2.75, 3.05) is 58.7 Å². The monoisotopic (exact) mass is 460 g/mol.